The second-order valence-electron chi connectivity index (χ2n) is 4.18. The maximum atomic E-state index is 12.4. The summed E-state index contributed by atoms with van der Waals surface area (Å²) in [6.07, 6.45) is -4.37. The lowest BCUT2D eigenvalue weighted by Gasteiger charge is -2.07. The van der Waals surface area contributed by atoms with Gasteiger partial charge in [-0.25, -0.2) is 4.98 Å². The molecule has 21 heavy (non-hydrogen) atoms. The molecule has 0 spiro atoms. The fourth-order valence-corrected chi connectivity index (χ4v) is 2.12. The van der Waals surface area contributed by atoms with Crippen LogP contribution in [-0.2, 0) is 17.6 Å². The molecule has 0 saturated heterocycles. The SMILES string of the molecule is Cc1nc(CO/N=C(\N)c2ccc(C(F)(F)F)cc2)cs1. The van der Waals surface area contributed by atoms with Gasteiger partial charge in [-0.15, -0.1) is 11.3 Å². The van der Waals surface area contributed by atoms with Crippen molar-refractivity contribution >= 4 is 17.2 Å². The highest BCUT2D eigenvalue weighted by atomic mass is 32.1. The number of oxime groups is 1. The van der Waals surface area contributed by atoms with E-state index in [0.29, 0.717) is 5.56 Å². The van der Waals surface area contributed by atoms with Crippen LogP contribution < -0.4 is 5.73 Å². The van der Waals surface area contributed by atoms with Crippen molar-refractivity contribution in [3.63, 3.8) is 0 Å². The number of rotatable bonds is 4. The summed E-state index contributed by atoms with van der Waals surface area (Å²) in [5, 5.41) is 6.41. The fraction of sp³-hybridized carbons (Fsp3) is 0.231. The number of halogens is 3. The summed E-state index contributed by atoms with van der Waals surface area (Å²) in [7, 11) is 0. The zero-order valence-corrected chi connectivity index (χ0v) is 11.8. The van der Waals surface area contributed by atoms with Crippen molar-refractivity contribution in [2.45, 2.75) is 19.7 Å². The van der Waals surface area contributed by atoms with E-state index in [1.54, 1.807) is 0 Å². The van der Waals surface area contributed by atoms with Gasteiger partial charge in [0.05, 0.1) is 16.3 Å². The van der Waals surface area contributed by atoms with Gasteiger partial charge in [-0.05, 0) is 19.1 Å². The Balaban J connectivity index is 1.99. The summed E-state index contributed by atoms with van der Waals surface area (Å²) < 4.78 is 37.3. The number of amidine groups is 1. The zero-order valence-electron chi connectivity index (χ0n) is 11.0. The van der Waals surface area contributed by atoms with E-state index in [4.69, 9.17) is 10.6 Å². The lowest BCUT2D eigenvalue weighted by molar-refractivity contribution is -0.137. The largest absolute Gasteiger partial charge is 0.416 e. The Morgan fingerprint density at radius 3 is 2.52 bits per heavy atom. The van der Waals surface area contributed by atoms with Gasteiger partial charge in [0.15, 0.2) is 12.4 Å². The van der Waals surface area contributed by atoms with E-state index in [9.17, 15) is 13.2 Å². The minimum Gasteiger partial charge on any atom is -0.388 e. The minimum atomic E-state index is -4.37. The Morgan fingerprint density at radius 1 is 1.33 bits per heavy atom. The van der Waals surface area contributed by atoms with E-state index in [1.807, 2.05) is 12.3 Å². The molecule has 0 aliphatic rings. The van der Waals surface area contributed by atoms with Crippen LogP contribution in [0, 0.1) is 6.92 Å². The van der Waals surface area contributed by atoms with Crippen LogP contribution in [0.4, 0.5) is 13.2 Å². The first-order valence-corrected chi connectivity index (χ1v) is 6.78. The quantitative estimate of drug-likeness (QED) is 0.535. The van der Waals surface area contributed by atoms with E-state index < -0.39 is 11.7 Å². The summed E-state index contributed by atoms with van der Waals surface area (Å²) in [6.45, 7) is 2.03. The van der Waals surface area contributed by atoms with Crippen LogP contribution in [0.1, 0.15) is 21.8 Å². The van der Waals surface area contributed by atoms with Crippen molar-refractivity contribution in [2.24, 2.45) is 10.9 Å². The first-order chi connectivity index (χ1) is 9.86. The Bertz CT molecular complexity index is 635. The van der Waals surface area contributed by atoms with E-state index in [-0.39, 0.29) is 12.4 Å². The van der Waals surface area contributed by atoms with Crippen molar-refractivity contribution in [2.75, 3.05) is 0 Å². The molecule has 0 atom stereocenters. The molecule has 0 aliphatic heterocycles. The van der Waals surface area contributed by atoms with E-state index in [0.717, 1.165) is 22.8 Å². The number of thiazole rings is 1. The average Bonchev–Trinajstić information content (AvgIpc) is 2.83. The van der Waals surface area contributed by atoms with Gasteiger partial charge in [-0.3, -0.25) is 0 Å². The number of nitrogens with zero attached hydrogens (tertiary/aromatic N) is 2. The van der Waals surface area contributed by atoms with Gasteiger partial charge in [0.2, 0.25) is 0 Å². The number of hydrogen-bond acceptors (Lipinski definition) is 4. The molecular weight excluding hydrogens is 303 g/mol. The van der Waals surface area contributed by atoms with Crippen molar-refractivity contribution in [3.8, 4) is 0 Å². The Kier molecular flexibility index (Phi) is 4.46. The first kappa shape index (κ1) is 15.3. The maximum absolute atomic E-state index is 12.4. The predicted octanol–water partition coefficient (Wildman–Crippen LogP) is 3.31. The molecule has 0 amide bonds. The van der Waals surface area contributed by atoms with Crippen LogP contribution in [0.5, 0.6) is 0 Å². The van der Waals surface area contributed by atoms with Gasteiger partial charge in [-0.2, -0.15) is 13.2 Å². The smallest absolute Gasteiger partial charge is 0.388 e. The topological polar surface area (TPSA) is 60.5 Å². The molecule has 0 aliphatic carbocycles. The molecule has 0 unspecified atom stereocenters. The van der Waals surface area contributed by atoms with Crippen LogP contribution in [0.2, 0.25) is 0 Å². The fourth-order valence-electron chi connectivity index (χ4n) is 1.53. The normalized spacial score (nSPS) is 12.5. The van der Waals surface area contributed by atoms with E-state index >= 15 is 0 Å². The monoisotopic (exact) mass is 315 g/mol. The predicted molar refractivity (Wildman–Crippen MR) is 73.8 cm³/mol. The molecular formula is C13H12F3N3OS. The molecule has 1 aromatic carbocycles. The molecule has 8 heteroatoms. The number of hydrogen-bond donors (Lipinski definition) is 1. The number of aryl methyl sites for hydroxylation is 1. The van der Waals surface area contributed by atoms with Crippen LogP contribution in [0.25, 0.3) is 0 Å². The molecule has 0 bridgehead atoms. The molecule has 0 saturated carbocycles. The van der Waals surface area contributed by atoms with Crippen LogP contribution >= 0.6 is 11.3 Å². The number of nitrogens with two attached hydrogens (primary N) is 1. The van der Waals surface area contributed by atoms with E-state index in [2.05, 4.69) is 10.1 Å². The second-order valence-corrected chi connectivity index (χ2v) is 5.25. The minimum absolute atomic E-state index is 0.00989. The maximum Gasteiger partial charge on any atom is 0.416 e. The lowest BCUT2D eigenvalue weighted by Crippen LogP contribution is -2.14. The van der Waals surface area contributed by atoms with Gasteiger partial charge in [0.25, 0.3) is 0 Å². The zero-order chi connectivity index (χ0) is 15.5. The number of alkyl halides is 3. The van der Waals surface area contributed by atoms with Crippen molar-refractivity contribution in [1.29, 1.82) is 0 Å². The van der Waals surface area contributed by atoms with Gasteiger partial charge in [0.1, 0.15) is 0 Å². The van der Waals surface area contributed by atoms with Crippen molar-refractivity contribution in [3.05, 3.63) is 51.5 Å². The van der Waals surface area contributed by atoms with Gasteiger partial charge in [0, 0.05) is 10.9 Å². The molecule has 2 aromatic rings. The first-order valence-electron chi connectivity index (χ1n) is 5.90. The van der Waals surface area contributed by atoms with Gasteiger partial charge in [-0.1, -0.05) is 17.3 Å². The highest BCUT2D eigenvalue weighted by molar-refractivity contribution is 7.09. The third-order valence-electron chi connectivity index (χ3n) is 2.55. The van der Waals surface area contributed by atoms with Crippen molar-refractivity contribution in [1.82, 2.24) is 4.98 Å². The highest BCUT2D eigenvalue weighted by Gasteiger charge is 2.30. The highest BCUT2D eigenvalue weighted by Crippen LogP contribution is 2.29. The third-order valence-corrected chi connectivity index (χ3v) is 3.37. The number of aromatic nitrogens is 1. The molecule has 0 fully saturated rings. The summed E-state index contributed by atoms with van der Waals surface area (Å²) in [6, 6.07) is 4.39. The Morgan fingerprint density at radius 2 is 2.00 bits per heavy atom. The molecule has 112 valence electrons. The average molecular weight is 315 g/mol. The molecule has 4 nitrogen and oxygen atoms in total. The standard InChI is InChI=1S/C13H12F3N3OS/c1-8-18-11(7-21-8)6-20-19-12(17)9-2-4-10(5-3-9)13(14,15)16/h2-5,7H,6H2,1H3,(H2,17,19). The van der Waals surface area contributed by atoms with Crippen molar-refractivity contribution < 1.29 is 18.0 Å². The van der Waals surface area contributed by atoms with Gasteiger partial charge >= 0.3 is 6.18 Å². The van der Waals surface area contributed by atoms with Crippen LogP contribution in [-0.4, -0.2) is 10.8 Å². The molecule has 1 aromatic heterocycles. The Labute approximate surface area is 123 Å². The summed E-state index contributed by atoms with van der Waals surface area (Å²) >= 11 is 1.49. The third kappa shape index (κ3) is 4.19. The summed E-state index contributed by atoms with van der Waals surface area (Å²) in [5.74, 6) is 0.00989. The van der Waals surface area contributed by atoms with E-state index in [1.165, 1.54) is 23.5 Å². The molecule has 2 rings (SSSR count). The number of benzene rings is 1. The van der Waals surface area contributed by atoms with Gasteiger partial charge < -0.3 is 10.6 Å². The molecule has 2 N–H and O–H groups in total. The summed E-state index contributed by atoms with van der Waals surface area (Å²) in [5.41, 5.74) is 5.99. The molecule has 0 radical (unpaired) electrons. The molecule has 1 heterocycles. The second kappa shape index (κ2) is 6.13. The van der Waals surface area contributed by atoms with Crippen LogP contribution in [0.3, 0.4) is 0 Å². The van der Waals surface area contributed by atoms with Crippen LogP contribution in [0.15, 0.2) is 34.8 Å². The lowest BCUT2D eigenvalue weighted by atomic mass is 10.1. The summed E-state index contributed by atoms with van der Waals surface area (Å²) in [4.78, 5) is 9.21. The Hall–Kier alpha value is -2.09.